The first kappa shape index (κ1) is 13.3. The van der Waals surface area contributed by atoms with Crippen molar-refractivity contribution in [3.05, 3.63) is 28.3 Å². The molecule has 0 aromatic heterocycles. The molecule has 7 heteroatoms. The SMILES string of the molecule is CC(=O)c1ccc(C#N)c(Cl)c1OC(F)(F)F. The van der Waals surface area contributed by atoms with E-state index in [1.165, 1.54) is 0 Å². The van der Waals surface area contributed by atoms with Crippen LogP contribution in [0.3, 0.4) is 0 Å². The Morgan fingerprint density at radius 1 is 1.47 bits per heavy atom. The second-order valence-electron chi connectivity index (χ2n) is 3.02. The summed E-state index contributed by atoms with van der Waals surface area (Å²) in [4.78, 5) is 11.1. The average Bonchev–Trinajstić information content (AvgIpc) is 2.18. The van der Waals surface area contributed by atoms with Crippen molar-refractivity contribution in [2.75, 3.05) is 0 Å². The number of nitriles is 1. The topological polar surface area (TPSA) is 50.1 Å². The Balaban J connectivity index is 3.41. The minimum atomic E-state index is -4.98. The molecule has 0 aliphatic rings. The number of carbonyl (C=O) groups excluding carboxylic acids is 1. The fourth-order valence-corrected chi connectivity index (χ4v) is 1.38. The number of rotatable bonds is 2. The van der Waals surface area contributed by atoms with Crippen LogP contribution < -0.4 is 4.74 Å². The molecule has 0 bridgehead atoms. The summed E-state index contributed by atoms with van der Waals surface area (Å²) in [7, 11) is 0. The van der Waals surface area contributed by atoms with Crippen LogP contribution in [0.15, 0.2) is 12.1 Å². The first-order valence-corrected chi connectivity index (χ1v) is 4.63. The van der Waals surface area contributed by atoms with Crippen molar-refractivity contribution in [3.63, 3.8) is 0 Å². The van der Waals surface area contributed by atoms with Crippen molar-refractivity contribution in [1.29, 1.82) is 5.26 Å². The van der Waals surface area contributed by atoms with Crippen molar-refractivity contribution >= 4 is 17.4 Å². The largest absolute Gasteiger partial charge is 0.573 e. The molecule has 3 nitrogen and oxygen atoms in total. The molecule has 1 aromatic rings. The van der Waals surface area contributed by atoms with Gasteiger partial charge in [-0.25, -0.2) is 0 Å². The second-order valence-corrected chi connectivity index (χ2v) is 3.40. The van der Waals surface area contributed by atoms with E-state index >= 15 is 0 Å². The van der Waals surface area contributed by atoms with Crippen LogP contribution >= 0.6 is 11.6 Å². The fraction of sp³-hybridized carbons (Fsp3) is 0.200. The van der Waals surface area contributed by atoms with Crippen molar-refractivity contribution in [2.45, 2.75) is 13.3 Å². The summed E-state index contributed by atoms with van der Waals surface area (Å²) in [5.74, 6) is -1.48. The number of ether oxygens (including phenoxy) is 1. The predicted molar refractivity (Wildman–Crippen MR) is 52.9 cm³/mol. The number of alkyl halides is 3. The summed E-state index contributed by atoms with van der Waals surface area (Å²) in [6, 6.07) is 3.82. The molecule has 17 heavy (non-hydrogen) atoms. The molecule has 0 fully saturated rings. The summed E-state index contributed by atoms with van der Waals surface area (Å²) < 4.78 is 40.0. The third-order valence-electron chi connectivity index (χ3n) is 1.81. The highest BCUT2D eigenvalue weighted by Gasteiger charge is 2.34. The van der Waals surface area contributed by atoms with Crippen LogP contribution in [-0.2, 0) is 0 Å². The minimum absolute atomic E-state index is 0.198. The van der Waals surface area contributed by atoms with E-state index in [4.69, 9.17) is 16.9 Å². The molecule has 0 aliphatic carbocycles. The van der Waals surface area contributed by atoms with Gasteiger partial charge in [0, 0.05) is 0 Å². The minimum Gasteiger partial charge on any atom is -0.403 e. The van der Waals surface area contributed by atoms with Crippen LogP contribution in [0.2, 0.25) is 5.02 Å². The molecule has 0 spiro atoms. The molecular weight excluding hydrogens is 259 g/mol. The number of carbonyl (C=O) groups is 1. The first-order valence-electron chi connectivity index (χ1n) is 4.25. The smallest absolute Gasteiger partial charge is 0.403 e. The van der Waals surface area contributed by atoms with E-state index in [0.29, 0.717) is 0 Å². The summed E-state index contributed by atoms with van der Waals surface area (Å²) in [6.45, 7) is 1.07. The van der Waals surface area contributed by atoms with Gasteiger partial charge in [-0.05, 0) is 19.1 Å². The van der Waals surface area contributed by atoms with Crippen LogP contribution in [0, 0.1) is 11.3 Å². The molecule has 0 aliphatic heterocycles. The number of nitrogens with zero attached hydrogens (tertiary/aromatic N) is 1. The monoisotopic (exact) mass is 263 g/mol. The van der Waals surface area contributed by atoms with Gasteiger partial charge >= 0.3 is 6.36 Å². The first-order chi connectivity index (χ1) is 7.76. The molecule has 0 N–H and O–H groups in total. The summed E-state index contributed by atoms with van der Waals surface area (Å²) in [5, 5.41) is 8.08. The Labute approximate surface area is 99.4 Å². The van der Waals surface area contributed by atoms with Crippen molar-refractivity contribution < 1.29 is 22.7 Å². The van der Waals surface area contributed by atoms with Gasteiger partial charge in [0.1, 0.15) is 11.1 Å². The Hall–Kier alpha value is -1.74. The van der Waals surface area contributed by atoms with E-state index in [9.17, 15) is 18.0 Å². The summed E-state index contributed by atoms with van der Waals surface area (Å²) >= 11 is 5.56. The highest BCUT2D eigenvalue weighted by Crippen LogP contribution is 2.36. The Morgan fingerprint density at radius 3 is 2.47 bits per heavy atom. The van der Waals surface area contributed by atoms with Crippen LogP contribution in [0.25, 0.3) is 0 Å². The molecule has 0 radical (unpaired) electrons. The molecule has 0 saturated heterocycles. The third-order valence-corrected chi connectivity index (χ3v) is 2.19. The summed E-state index contributed by atoms with van der Waals surface area (Å²) in [5.41, 5.74) is -0.526. The maximum atomic E-state index is 12.1. The van der Waals surface area contributed by atoms with E-state index in [1.54, 1.807) is 6.07 Å². The maximum absolute atomic E-state index is 12.1. The third kappa shape index (κ3) is 3.11. The lowest BCUT2D eigenvalue weighted by Crippen LogP contribution is -2.19. The standard InChI is InChI=1S/C10H5ClF3NO2/c1-5(16)7-3-2-6(4-15)8(11)9(7)17-10(12,13)14/h2-3H,1H3. The molecular formula is C10H5ClF3NO2. The van der Waals surface area contributed by atoms with E-state index in [-0.39, 0.29) is 11.1 Å². The Bertz CT molecular complexity index is 505. The van der Waals surface area contributed by atoms with Crippen LogP contribution in [-0.4, -0.2) is 12.1 Å². The van der Waals surface area contributed by atoms with Gasteiger partial charge in [-0.3, -0.25) is 4.79 Å². The van der Waals surface area contributed by atoms with Crippen molar-refractivity contribution in [1.82, 2.24) is 0 Å². The zero-order valence-electron chi connectivity index (χ0n) is 8.43. The second kappa shape index (κ2) is 4.63. The predicted octanol–water partition coefficient (Wildman–Crippen LogP) is 3.31. The van der Waals surface area contributed by atoms with Gasteiger partial charge in [0.25, 0.3) is 0 Å². The number of hydrogen-bond acceptors (Lipinski definition) is 3. The normalized spacial score (nSPS) is 10.8. The highest BCUT2D eigenvalue weighted by atomic mass is 35.5. The molecule has 0 unspecified atom stereocenters. The van der Waals surface area contributed by atoms with E-state index in [1.807, 2.05) is 0 Å². The molecule has 1 aromatic carbocycles. The van der Waals surface area contributed by atoms with E-state index in [2.05, 4.69) is 4.74 Å². The van der Waals surface area contributed by atoms with Crippen molar-refractivity contribution in [3.8, 4) is 11.8 Å². The van der Waals surface area contributed by atoms with Gasteiger partial charge in [0.2, 0.25) is 0 Å². The Morgan fingerprint density at radius 2 is 2.06 bits per heavy atom. The lowest BCUT2D eigenvalue weighted by Gasteiger charge is -2.13. The molecule has 0 saturated carbocycles. The molecule has 0 heterocycles. The van der Waals surface area contributed by atoms with Crippen molar-refractivity contribution in [2.24, 2.45) is 0 Å². The van der Waals surface area contributed by atoms with Crippen LogP contribution in [0.5, 0.6) is 5.75 Å². The van der Waals surface area contributed by atoms with Crippen LogP contribution in [0.4, 0.5) is 13.2 Å². The van der Waals surface area contributed by atoms with Gasteiger partial charge in [-0.1, -0.05) is 11.6 Å². The number of halogens is 4. The highest BCUT2D eigenvalue weighted by molar-refractivity contribution is 6.33. The van der Waals surface area contributed by atoms with Gasteiger partial charge in [-0.2, -0.15) is 5.26 Å². The quantitative estimate of drug-likeness (QED) is 0.769. The Kier molecular flexibility index (Phi) is 3.63. The van der Waals surface area contributed by atoms with E-state index < -0.39 is 22.9 Å². The lowest BCUT2D eigenvalue weighted by atomic mass is 10.1. The fourth-order valence-electron chi connectivity index (χ4n) is 1.14. The maximum Gasteiger partial charge on any atom is 0.573 e. The average molecular weight is 264 g/mol. The van der Waals surface area contributed by atoms with Gasteiger partial charge in [-0.15, -0.1) is 13.2 Å². The van der Waals surface area contributed by atoms with E-state index in [0.717, 1.165) is 19.1 Å². The summed E-state index contributed by atoms with van der Waals surface area (Å²) in [6.07, 6.45) is -4.98. The zero-order valence-corrected chi connectivity index (χ0v) is 9.19. The number of hydrogen-bond donors (Lipinski definition) is 0. The molecule has 90 valence electrons. The number of Topliss-reactive ketones (excluding diaryl/α,β-unsaturated/α-hetero) is 1. The lowest BCUT2D eigenvalue weighted by molar-refractivity contribution is -0.274. The molecule has 1 rings (SSSR count). The molecule has 0 amide bonds. The van der Waals surface area contributed by atoms with Gasteiger partial charge < -0.3 is 4.74 Å². The van der Waals surface area contributed by atoms with Crippen LogP contribution in [0.1, 0.15) is 22.8 Å². The molecule has 0 atom stereocenters. The zero-order chi connectivity index (χ0) is 13.2. The number of benzene rings is 1. The number of ketones is 1. The van der Waals surface area contributed by atoms with Gasteiger partial charge in [0.05, 0.1) is 11.1 Å². The van der Waals surface area contributed by atoms with Gasteiger partial charge in [0.15, 0.2) is 11.5 Å².